The third-order valence-corrected chi connectivity index (χ3v) is 2.66. The quantitative estimate of drug-likeness (QED) is 0.752. The lowest BCUT2D eigenvalue weighted by molar-refractivity contribution is 0.189. The molecule has 0 heterocycles. The molecule has 2 nitrogen and oxygen atoms in total. The Kier molecular flexibility index (Phi) is 5.43. The van der Waals surface area contributed by atoms with E-state index in [1.54, 1.807) is 19.2 Å². The van der Waals surface area contributed by atoms with Crippen molar-refractivity contribution in [2.75, 3.05) is 20.8 Å². The van der Waals surface area contributed by atoms with Crippen molar-refractivity contribution in [2.24, 2.45) is 0 Å². The molecule has 1 atom stereocenters. The molecule has 0 bridgehead atoms. The number of ether oxygens (including phenoxy) is 1. The van der Waals surface area contributed by atoms with Gasteiger partial charge in [-0.25, -0.2) is 4.39 Å². The van der Waals surface area contributed by atoms with Gasteiger partial charge in [0.25, 0.3) is 0 Å². The highest BCUT2D eigenvalue weighted by molar-refractivity contribution is 5.26. The van der Waals surface area contributed by atoms with E-state index in [2.05, 4.69) is 5.32 Å². The van der Waals surface area contributed by atoms with Gasteiger partial charge >= 0.3 is 0 Å². The molecule has 0 radical (unpaired) electrons. The van der Waals surface area contributed by atoms with E-state index in [0.717, 1.165) is 30.6 Å². The molecule has 0 aliphatic heterocycles. The van der Waals surface area contributed by atoms with Gasteiger partial charge in [-0.15, -0.1) is 0 Å². The van der Waals surface area contributed by atoms with Gasteiger partial charge in [0.2, 0.25) is 0 Å². The van der Waals surface area contributed by atoms with Crippen LogP contribution in [0.15, 0.2) is 18.2 Å². The van der Waals surface area contributed by atoms with Crippen LogP contribution in [0.1, 0.15) is 30.0 Å². The van der Waals surface area contributed by atoms with Gasteiger partial charge in [-0.2, -0.15) is 0 Å². The number of hydrogen-bond acceptors (Lipinski definition) is 2. The van der Waals surface area contributed by atoms with Crippen LogP contribution in [0.5, 0.6) is 0 Å². The largest absolute Gasteiger partial charge is 0.385 e. The molecule has 90 valence electrons. The molecule has 0 aliphatic rings. The zero-order valence-electron chi connectivity index (χ0n) is 10.2. The second-order valence-corrected chi connectivity index (χ2v) is 4.04. The molecule has 0 amide bonds. The first-order chi connectivity index (χ1) is 7.67. The maximum Gasteiger partial charge on any atom is 0.123 e. The Morgan fingerprint density at radius 2 is 2.12 bits per heavy atom. The summed E-state index contributed by atoms with van der Waals surface area (Å²) in [6, 6.07) is 5.37. The fourth-order valence-electron chi connectivity index (χ4n) is 1.88. The number of methoxy groups -OCH3 is 1. The van der Waals surface area contributed by atoms with Crippen molar-refractivity contribution in [1.29, 1.82) is 0 Å². The highest BCUT2D eigenvalue weighted by Crippen LogP contribution is 2.20. The average molecular weight is 225 g/mol. The Bertz CT molecular complexity index is 307. The Labute approximate surface area is 96.8 Å². The van der Waals surface area contributed by atoms with E-state index in [1.807, 2.05) is 20.0 Å². The van der Waals surface area contributed by atoms with Crippen molar-refractivity contribution < 1.29 is 9.13 Å². The lowest BCUT2D eigenvalue weighted by atomic mass is 10.0. The summed E-state index contributed by atoms with van der Waals surface area (Å²) < 4.78 is 18.3. The zero-order chi connectivity index (χ0) is 12.0. The molecular formula is C13H20FNO. The third-order valence-electron chi connectivity index (χ3n) is 2.66. The summed E-state index contributed by atoms with van der Waals surface area (Å²) in [5.41, 5.74) is 1.97. The van der Waals surface area contributed by atoms with Gasteiger partial charge in [0.05, 0.1) is 0 Å². The molecule has 1 aromatic carbocycles. The highest BCUT2D eigenvalue weighted by atomic mass is 19.1. The van der Waals surface area contributed by atoms with Crippen LogP contribution < -0.4 is 5.32 Å². The van der Waals surface area contributed by atoms with Crippen LogP contribution in [0.25, 0.3) is 0 Å². The lowest BCUT2D eigenvalue weighted by Crippen LogP contribution is -2.17. The topological polar surface area (TPSA) is 21.3 Å². The number of hydrogen-bond donors (Lipinski definition) is 1. The van der Waals surface area contributed by atoms with Gasteiger partial charge < -0.3 is 10.1 Å². The van der Waals surface area contributed by atoms with Crippen molar-refractivity contribution in [3.8, 4) is 0 Å². The van der Waals surface area contributed by atoms with Crippen LogP contribution in [-0.2, 0) is 4.74 Å². The van der Waals surface area contributed by atoms with Gasteiger partial charge in [0, 0.05) is 19.8 Å². The lowest BCUT2D eigenvalue weighted by Gasteiger charge is -2.17. The van der Waals surface area contributed by atoms with Crippen molar-refractivity contribution in [3.05, 3.63) is 35.1 Å². The van der Waals surface area contributed by atoms with Gasteiger partial charge in [-0.05, 0) is 50.1 Å². The Morgan fingerprint density at radius 3 is 2.69 bits per heavy atom. The van der Waals surface area contributed by atoms with E-state index >= 15 is 0 Å². The summed E-state index contributed by atoms with van der Waals surface area (Å²) >= 11 is 0. The first-order valence-corrected chi connectivity index (χ1v) is 5.60. The SMILES string of the molecule is CNC(CCCOC)c1cc(C)cc(F)c1. The summed E-state index contributed by atoms with van der Waals surface area (Å²) in [6.45, 7) is 2.65. The number of halogens is 1. The minimum atomic E-state index is -0.165. The third kappa shape index (κ3) is 3.91. The maximum atomic E-state index is 13.3. The van der Waals surface area contributed by atoms with E-state index in [1.165, 1.54) is 0 Å². The second-order valence-electron chi connectivity index (χ2n) is 4.04. The fourth-order valence-corrected chi connectivity index (χ4v) is 1.88. The summed E-state index contributed by atoms with van der Waals surface area (Å²) in [6.07, 6.45) is 1.92. The molecule has 1 N–H and O–H groups in total. The van der Waals surface area contributed by atoms with Crippen LogP contribution in [0, 0.1) is 12.7 Å². The highest BCUT2D eigenvalue weighted by Gasteiger charge is 2.10. The summed E-state index contributed by atoms with van der Waals surface area (Å²) in [4.78, 5) is 0. The molecule has 0 aliphatic carbocycles. The molecule has 0 aromatic heterocycles. The predicted molar refractivity (Wildman–Crippen MR) is 64.0 cm³/mol. The van der Waals surface area contributed by atoms with Gasteiger partial charge in [-0.1, -0.05) is 6.07 Å². The molecule has 0 saturated heterocycles. The molecule has 0 fully saturated rings. The van der Waals surface area contributed by atoms with E-state index in [4.69, 9.17) is 4.74 Å². The molecular weight excluding hydrogens is 205 g/mol. The molecule has 16 heavy (non-hydrogen) atoms. The van der Waals surface area contributed by atoms with E-state index < -0.39 is 0 Å². The molecule has 1 unspecified atom stereocenters. The molecule has 1 rings (SSSR count). The van der Waals surface area contributed by atoms with Crippen LogP contribution in [0.3, 0.4) is 0 Å². The van der Waals surface area contributed by atoms with E-state index in [0.29, 0.717) is 0 Å². The average Bonchev–Trinajstić information content (AvgIpc) is 2.23. The second kappa shape index (κ2) is 6.61. The zero-order valence-corrected chi connectivity index (χ0v) is 10.2. The van der Waals surface area contributed by atoms with Crippen molar-refractivity contribution >= 4 is 0 Å². The monoisotopic (exact) mass is 225 g/mol. The number of nitrogens with one attached hydrogen (secondary N) is 1. The van der Waals surface area contributed by atoms with E-state index in [9.17, 15) is 4.39 Å². The standard InChI is InChI=1S/C13H20FNO/c1-10-7-11(9-12(14)8-10)13(15-2)5-4-6-16-3/h7-9,13,15H,4-6H2,1-3H3. The predicted octanol–water partition coefficient (Wildman–Crippen LogP) is 2.82. The van der Waals surface area contributed by atoms with Crippen LogP contribution in [0.4, 0.5) is 4.39 Å². The smallest absolute Gasteiger partial charge is 0.123 e. The first kappa shape index (κ1) is 13.1. The van der Waals surface area contributed by atoms with Gasteiger partial charge in [0.15, 0.2) is 0 Å². The normalized spacial score (nSPS) is 12.8. The molecule has 0 spiro atoms. The Morgan fingerprint density at radius 1 is 1.38 bits per heavy atom. The van der Waals surface area contributed by atoms with Gasteiger partial charge in [0.1, 0.15) is 5.82 Å². The minimum absolute atomic E-state index is 0.165. The van der Waals surface area contributed by atoms with E-state index in [-0.39, 0.29) is 11.9 Å². The number of benzene rings is 1. The molecule has 0 saturated carbocycles. The minimum Gasteiger partial charge on any atom is -0.385 e. The fraction of sp³-hybridized carbons (Fsp3) is 0.538. The van der Waals surface area contributed by atoms with Crippen LogP contribution in [-0.4, -0.2) is 20.8 Å². The number of aryl methyl sites for hydroxylation is 1. The summed E-state index contributed by atoms with van der Waals surface area (Å²) in [5.74, 6) is -0.165. The summed E-state index contributed by atoms with van der Waals surface area (Å²) in [7, 11) is 3.60. The maximum absolute atomic E-state index is 13.3. The van der Waals surface area contributed by atoms with Crippen molar-refractivity contribution in [1.82, 2.24) is 5.32 Å². The Hall–Kier alpha value is -0.930. The molecule has 1 aromatic rings. The van der Waals surface area contributed by atoms with Crippen LogP contribution >= 0.6 is 0 Å². The van der Waals surface area contributed by atoms with Gasteiger partial charge in [-0.3, -0.25) is 0 Å². The van der Waals surface area contributed by atoms with Crippen molar-refractivity contribution in [3.63, 3.8) is 0 Å². The van der Waals surface area contributed by atoms with Crippen LogP contribution in [0.2, 0.25) is 0 Å². The Balaban J connectivity index is 2.70. The first-order valence-electron chi connectivity index (χ1n) is 5.60. The summed E-state index contributed by atoms with van der Waals surface area (Å²) in [5, 5.41) is 3.21. The van der Waals surface area contributed by atoms with Crippen molar-refractivity contribution in [2.45, 2.75) is 25.8 Å². The molecule has 3 heteroatoms. The number of rotatable bonds is 6.